The van der Waals surface area contributed by atoms with Crippen LogP contribution in [0.1, 0.15) is 30.1 Å². The normalized spacial score (nSPS) is 14.2. The lowest BCUT2D eigenvalue weighted by Crippen LogP contribution is -2.41. The van der Waals surface area contributed by atoms with E-state index >= 15 is 0 Å². The monoisotopic (exact) mass is 415 g/mol. The van der Waals surface area contributed by atoms with Crippen LogP contribution in [0, 0.1) is 0 Å². The number of pyridine rings is 1. The van der Waals surface area contributed by atoms with Gasteiger partial charge in [0.15, 0.2) is 0 Å². The smallest absolute Gasteiger partial charge is 0.253 e. The van der Waals surface area contributed by atoms with Gasteiger partial charge in [-0.2, -0.15) is 0 Å². The lowest BCUT2D eigenvalue weighted by molar-refractivity contribution is -0.114. The molecule has 3 aromatic rings. The van der Waals surface area contributed by atoms with Crippen molar-refractivity contribution in [2.45, 2.75) is 25.9 Å². The van der Waals surface area contributed by atoms with Gasteiger partial charge in [0.1, 0.15) is 11.9 Å². The summed E-state index contributed by atoms with van der Waals surface area (Å²) in [6, 6.07) is 19.0. The van der Waals surface area contributed by atoms with E-state index in [1.54, 1.807) is 30.5 Å². The highest BCUT2D eigenvalue weighted by Crippen LogP contribution is 2.26. The first-order valence-electron chi connectivity index (χ1n) is 10.4. The molecule has 0 atom stereocenters. The van der Waals surface area contributed by atoms with Crippen LogP contribution in [-0.4, -0.2) is 40.9 Å². The molecule has 0 radical (unpaired) electrons. The van der Waals surface area contributed by atoms with Crippen LogP contribution in [0.15, 0.2) is 73.1 Å². The minimum absolute atomic E-state index is 0.00593. The van der Waals surface area contributed by atoms with Crippen LogP contribution in [0.4, 0.5) is 5.69 Å². The number of piperidine rings is 1. The molecule has 1 fully saturated rings. The fraction of sp³-hybridized carbons (Fsp3) is 0.240. The van der Waals surface area contributed by atoms with Crippen molar-refractivity contribution in [2.24, 2.45) is 0 Å². The molecule has 0 saturated carbocycles. The van der Waals surface area contributed by atoms with Crippen LogP contribution in [-0.2, 0) is 4.79 Å². The molecular weight excluding hydrogens is 390 g/mol. The van der Waals surface area contributed by atoms with Crippen molar-refractivity contribution >= 4 is 17.5 Å². The summed E-state index contributed by atoms with van der Waals surface area (Å²) in [6.45, 7) is 2.76. The van der Waals surface area contributed by atoms with Gasteiger partial charge in [0.05, 0.1) is 0 Å². The van der Waals surface area contributed by atoms with Gasteiger partial charge in [0.25, 0.3) is 5.91 Å². The molecule has 6 heteroatoms. The Labute approximate surface area is 181 Å². The zero-order valence-corrected chi connectivity index (χ0v) is 17.5. The third kappa shape index (κ3) is 5.28. The van der Waals surface area contributed by atoms with Gasteiger partial charge >= 0.3 is 0 Å². The van der Waals surface area contributed by atoms with Crippen molar-refractivity contribution in [3.05, 3.63) is 78.6 Å². The SMILES string of the molecule is CC(=O)Nc1ccc(C(=O)N2CCC(Oc3cccc(-c4cccnc4)c3)CC2)cc1. The topological polar surface area (TPSA) is 71.5 Å². The van der Waals surface area contributed by atoms with Crippen LogP contribution in [0.3, 0.4) is 0 Å². The molecule has 6 nitrogen and oxygen atoms in total. The summed E-state index contributed by atoms with van der Waals surface area (Å²) in [5.41, 5.74) is 3.43. The number of nitrogens with one attached hydrogen (secondary N) is 1. The Bertz CT molecular complexity index is 1040. The second-order valence-electron chi connectivity index (χ2n) is 7.64. The van der Waals surface area contributed by atoms with Crippen molar-refractivity contribution in [1.29, 1.82) is 0 Å². The van der Waals surface area contributed by atoms with Gasteiger partial charge in [-0.25, -0.2) is 0 Å². The molecule has 1 aromatic heterocycles. The van der Waals surface area contributed by atoms with E-state index in [9.17, 15) is 9.59 Å². The van der Waals surface area contributed by atoms with E-state index in [-0.39, 0.29) is 17.9 Å². The number of carbonyl (C=O) groups excluding carboxylic acids is 2. The molecule has 1 N–H and O–H groups in total. The highest BCUT2D eigenvalue weighted by Gasteiger charge is 2.24. The number of hydrogen-bond acceptors (Lipinski definition) is 4. The maximum atomic E-state index is 12.8. The van der Waals surface area contributed by atoms with Gasteiger partial charge in [-0.3, -0.25) is 14.6 Å². The molecule has 2 aromatic carbocycles. The number of rotatable bonds is 5. The number of likely N-dealkylation sites (tertiary alicyclic amines) is 1. The molecule has 4 rings (SSSR count). The molecule has 2 amide bonds. The van der Waals surface area contributed by atoms with Crippen molar-refractivity contribution < 1.29 is 14.3 Å². The number of ether oxygens (including phenoxy) is 1. The zero-order valence-electron chi connectivity index (χ0n) is 17.5. The van der Waals surface area contributed by atoms with E-state index in [0.717, 1.165) is 29.7 Å². The Morgan fingerprint density at radius 1 is 1.00 bits per heavy atom. The summed E-state index contributed by atoms with van der Waals surface area (Å²) in [6.07, 6.45) is 5.25. The van der Waals surface area contributed by atoms with Gasteiger partial charge in [0, 0.05) is 62.1 Å². The predicted molar refractivity (Wildman–Crippen MR) is 120 cm³/mol. The summed E-state index contributed by atoms with van der Waals surface area (Å²) in [5, 5.41) is 2.71. The first kappa shape index (κ1) is 20.6. The summed E-state index contributed by atoms with van der Waals surface area (Å²) in [4.78, 5) is 30.0. The third-order valence-electron chi connectivity index (χ3n) is 5.31. The second-order valence-corrected chi connectivity index (χ2v) is 7.64. The Morgan fingerprint density at radius 2 is 1.74 bits per heavy atom. The quantitative estimate of drug-likeness (QED) is 0.671. The Morgan fingerprint density at radius 3 is 2.42 bits per heavy atom. The number of anilines is 1. The Balaban J connectivity index is 1.33. The lowest BCUT2D eigenvalue weighted by atomic mass is 10.1. The molecule has 0 spiro atoms. The van der Waals surface area contributed by atoms with E-state index in [1.165, 1.54) is 6.92 Å². The molecule has 1 aliphatic heterocycles. The number of aromatic nitrogens is 1. The first-order valence-corrected chi connectivity index (χ1v) is 10.4. The number of benzene rings is 2. The molecule has 0 aliphatic carbocycles. The van der Waals surface area contributed by atoms with Gasteiger partial charge < -0.3 is 15.0 Å². The molecular formula is C25H25N3O3. The summed E-state index contributed by atoms with van der Waals surface area (Å²) in [7, 11) is 0. The van der Waals surface area contributed by atoms with Gasteiger partial charge in [-0.05, 0) is 48.0 Å². The molecule has 31 heavy (non-hydrogen) atoms. The average molecular weight is 415 g/mol. The van der Waals surface area contributed by atoms with E-state index in [2.05, 4.69) is 10.3 Å². The van der Waals surface area contributed by atoms with E-state index < -0.39 is 0 Å². The average Bonchev–Trinajstić information content (AvgIpc) is 2.80. The van der Waals surface area contributed by atoms with Crippen molar-refractivity contribution in [3.8, 4) is 16.9 Å². The molecule has 1 saturated heterocycles. The maximum absolute atomic E-state index is 12.8. The number of nitrogens with zero attached hydrogens (tertiary/aromatic N) is 2. The maximum Gasteiger partial charge on any atom is 0.253 e. The molecule has 1 aliphatic rings. The molecule has 0 unspecified atom stereocenters. The van der Waals surface area contributed by atoms with Gasteiger partial charge in [0.2, 0.25) is 5.91 Å². The first-order chi connectivity index (χ1) is 15.1. The minimum Gasteiger partial charge on any atom is -0.490 e. The predicted octanol–water partition coefficient (Wildman–Crippen LogP) is 4.39. The number of carbonyl (C=O) groups is 2. The Hall–Kier alpha value is -3.67. The largest absolute Gasteiger partial charge is 0.490 e. The van der Waals surface area contributed by atoms with E-state index in [1.807, 2.05) is 47.5 Å². The fourth-order valence-electron chi connectivity index (χ4n) is 3.73. The highest BCUT2D eigenvalue weighted by molar-refractivity contribution is 5.95. The van der Waals surface area contributed by atoms with E-state index in [4.69, 9.17) is 4.74 Å². The van der Waals surface area contributed by atoms with Crippen LogP contribution >= 0.6 is 0 Å². The zero-order chi connectivity index (χ0) is 21.6. The standard InChI is InChI=1S/C25H25N3O3/c1-18(29)27-22-9-7-19(8-10-22)25(30)28-14-11-23(12-15-28)31-24-6-2-4-20(16-24)21-5-3-13-26-17-21/h2-10,13,16-17,23H,11-12,14-15H2,1H3,(H,27,29). The molecule has 0 bridgehead atoms. The van der Waals surface area contributed by atoms with Crippen molar-refractivity contribution in [3.63, 3.8) is 0 Å². The highest BCUT2D eigenvalue weighted by atomic mass is 16.5. The van der Waals surface area contributed by atoms with Crippen LogP contribution in [0.2, 0.25) is 0 Å². The summed E-state index contributed by atoms with van der Waals surface area (Å²) in [5.74, 6) is 0.707. The number of amides is 2. The minimum atomic E-state index is -0.132. The molecule has 2 heterocycles. The van der Waals surface area contributed by atoms with Crippen LogP contribution < -0.4 is 10.1 Å². The van der Waals surface area contributed by atoms with Gasteiger partial charge in [-0.1, -0.05) is 18.2 Å². The second kappa shape index (κ2) is 9.43. The van der Waals surface area contributed by atoms with Crippen LogP contribution in [0.5, 0.6) is 5.75 Å². The summed E-state index contributed by atoms with van der Waals surface area (Å²) >= 11 is 0. The molecule has 158 valence electrons. The van der Waals surface area contributed by atoms with Gasteiger partial charge in [-0.15, -0.1) is 0 Å². The number of hydrogen-bond donors (Lipinski definition) is 1. The van der Waals surface area contributed by atoms with E-state index in [0.29, 0.717) is 24.3 Å². The third-order valence-corrected chi connectivity index (χ3v) is 5.31. The Kier molecular flexibility index (Phi) is 6.26. The summed E-state index contributed by atoms with van der Waals surface area (Å²) < 4.78 is 6.21. The fourth-order valence-corrected chi connectivity index (χ4v) is 3.73. The lowest BCUT2D eigenvalue weighted by Gasteiger charge is -2.32. The van der Waals surface area contributed by atoms with Crippen molar-refractivity contribution in [1.82, 2.24) is 9.88 Å². The van der Waals surface area contributed by atoms with Crippen LogP contribution in [0.25, 0.3) is 11.1 Å². The van der Waals surface area contributed by atoms with Crippen molar-refractivity contribution in [2.75, 3.05) is 18.4 Å².